The van der Waals surface area contributed by atoms with Gasteiger partial charge in [0.15, 0.2) is 0 Å². The zero-order valence-electron chi connectivity index (χ0n) is 15.7. The van der Waals surface area contributed by atoms with Crippen LogP contribution in [-0.4, -0.2) is 30.8 Å². The number of anilines is 1. The lowest BCUT2D eigenvalue weighted by molar-refractivity contribution is -0.117. The normalized spacial score (nSPS) is 10.7. The fourth-order valence-corrected chi connectivity index (χ4v) is 2.67. The SMILES string of the molecule is Cc1ccc(F)cc1NC(=O)Cn1nc(-c2nc(-c3cccnc3)no2)ccc1=O. The van der Waals surface area contributed by atoms with Gasteiger partial charge >= 0.3 is 0 Å². The Morgan fingerprint density at radius 1 is 1.23 bits per heavy atom. The van der Waals surface area contributed by atoms with E-state index in [0.717, 1.165) is 4.68 Å². The van der Waals surface area contributed by atoms with Crippen LogP contribution in [0.1, 0.15) is 5.56 Å². The lowest BCUT2D eigenvalue weighted by Crippen LogP contribution is -2.29. The molecule has 0 fully saturated rings. The molecule has 0 saturated heterocycles. The van der Waals surface area contributed by atoms with Gasteiger partial charge in [-0.3, -0.25) is 14.6 Å². The minimum Gasteiger partial charge on any atom is -0.332 e. The molecule has 0 bridgehead atoms. The van der Waals surface area contributed by atoms with Gasteiger partial charge in [0.2, 0.25) is 11.7 Å². The number of nitrogens with one attached hydrogen (secondary N) is 1. The first-order chi connectivity index (χ1) is 14.5. The second-order valence-electron chi connectivity index (χ2n) is 6.39. The Morgan fingerprint density at radius 2 is 2.10 bits per heavy atom. The summed E-state index contributed by atoms with van der Waals surface area (Å²) >= 11 is 0. The number of pyridine rings is 1. The van der Waals surface area contributed by atoms with Crippen molar-refractivity contribution in [3.63, 3.8) is 0 Å². The van der Waals surface area contributed by atoms with Gasteiger partial charge in [0.25, 0.3) is 11.4 Å². The standard InChI is InChI=1S/C20H15FN6O3/c1-12-4-5-14(21)9-16(12)23-17(28)11-27-18(29)7-6-15(25-27)20-24-19(26-30-20)13-3-2-8-22-10-13/h2-10H,11H2,1H3,(H,23,28). The Balaban J connectivity index is 1.55. The molecule has 0 unspecified atom stereocenters. The second kappa shape index (κ2) is 8.03. The summed E-state index contributed by atoms with van der Waals surface area (Å²) in [7, 11) is 0. The highest BCUT2D eigenvalue weighted by molar-refractivity contribution is 5.91. The summed E-state index contributed by atoms with van der Waals surface area (Å²) in [6, 6.07) is 10.2. The Morgan fingerprint density at radius 3 is 2.90 bits per heavy atom. The highest BCUT2D eigenvalue weighted by atomic mass is 19.1. The first-order valence-corrected chi connectivity index (χ1v) is 8.88. The van der Waals surface area contributed by atoms with Crippen molar-refractivity contribution in [1.29, 1.82) is 0 Å². The molecule has 1 amide bonds. The summed E-state index contributed by atoms with van der Waals surface area (Å²) in [5, 5.41) is 10.6. The van der Waals surface area contributed by atoms with Crippen molar-refractivity contribution in [3.8, 4) is 23.0 Å². The van der Waals surface area contributed by atoms with Crippen LogP contribution in [0.15, 0.2) is 64.2 Å². The van der Waals surface area contributed by atoms with E-state index in [1.807, 2.05) is 0 Å². The summed E-state index contributed by atoms with van der Waals surface area (Å²) in [5.41, 5.74) is 1.41. The molecule has 1 aromatic carbocycles. The summed E-state index contributed by atoms with van der Waals surface area (Å²) < 4.78 is 19.6. The van der Waals surface area contributed by atoms with Crippen LogP contribution in [0.25, 0.3) is 23.0 Å². The van der Waals surface area contributed by atoms with E-state index in [0.29, 0.717) is 22.6 Å². The van der Waals surface area contributed by atoms with Crippen LogP contribution >= 0.6 is 0 Å². The van der Waals surface area contributed by atoms with Crippen molar-refractivity contribution in [3.05, 3.63) is 76.6 Å². The van der Waals surface area contributed by atoms with E-state index in [2.05, 4.69) is 25.5 Å². The van der Waals surface area contributed by atoms with Crippen molar-refractivity contribution in [2.75, 3.05) is 5.32 Å². The van der Waals surface area contributed by atoms with Gasteiger partial charge in [-0.2, -0.15) is 10.1 Å². The molecule has 0 saturated carbocycles. The average Bonchev–Trinajstić information content (AvgIpc) is 3.23. The highest BCUT2D eigenvalue weighted by Crippen LogP contribution is 2.19. The molecule has 1 N–H and O–H groups in total. The maximum atomic E-state index is 13.4. The third-order valence-electron chi connectivity index (χ3n) is 4.20. The Bertz CT molecular complexity index is 1270. The Kier molecular flexibility index (Phi) is 5.12. The molecule has 4 aromatic rings. The third-order valence-corrected chi connectivity index (χ3v) is 4.20. The smallest absolute Gasteiger partial charge is 0.278 e. The largest absolute Gasteiger partial charge is 0.332 e. The van der Waals surface area contributed by atoms with Crippen molar-refractivity contribution < 1.29 is 13.7 Å². The molecule has 0 aliphatic carbocycles. The molecule has 150 valence electrons. The number of hydrogen-bond acceptors (Lipinski definition) is 7. The quantitative estimate of drug-likeness (QED) is 0.541. The fraction of sp³-hybridized carbons (Fsp3) is 0.100. The molecule has 3 aromatic heterocycles. The molecule has 4 rings (SSSR count). The van der Waals surface area contributed by atoms with Crippen LogP contribution in [0.3, 0.4) is 0 Å². The molecule has 3 heterocycles. The number of nitrogens with zero attached hydrogens (tertiary/aromatic N) is 5. The van der Waals surface area contributed by atoms with E-state index in [-0.39, 0.29) is 18.1 Å². The number of aromatic nitrogens is 5. The second-order valence-corrected chi connectivity index (χ2v) is 6.39. The highest BCUT2D eigenvalue weighted by Gasteiger charge is 2.15. The van der Waals surface area contributed by atoms with E-state index in [1.165, 1.54) is 24.3 Å². The van der Waals surface area contributed by atoms with Crippen LogP contribution in [0, 0.1) is 12.7 Å². The molecule has 0 spiro atoms. The number of rotatable bonds is 5. The van der Waals surface area contributed by atoms with Crippen LogP contribution in [0.2, 0.25) is 0 Å². The zero-order valence-corrected chi connectivity index (χ0v) is 15.7. The number of carbonyl (C=O) groups is 1. The summed E-state index contributed by atoms with van der Waals surface area (Å²) in [4.78, 5) is 32.7. The van der Waals surface area contributed by atoms with Gasteiger partial charge in [0, 0.05) is 29.7 Å². The number of hydrogen-bond donors (Lipinski definition) is 1. The minimum atomic E-state index is -0.531. The number of aryl methyl sites for hydroxylation is 1. The van der Waals surface area contributed by atoms with E-state index < -0.39 is 17.3 Å². The maximum absolute atomic E-state index is 13.4. The van der Waals surface area contributed by atoms with Crippen molar-refractivity contribution >= 4 is 11.6 Å². The topological polar surface area (TPSA) is 116 Å². The molecule has 0 aliphatic heterocycles. The monoisotopic (exact) mass is 406 g/mol. The molecule has 0 atom stereocenters. The lowest BCUT2D eigenvalue weighted by atomic mass is 10.2. The average molecular weight is 406 g/mol. The lowest BCUT2D eigenvalue weighted by Gasteiger charge is -2.09. The molecule has 0 aliphatic rings. The van der Waals surface area contributed by atoms with Crippen LogP contribution in [-0.2, 0) is 11.3 Å². The summed E-state index contributed by atoms with van der Waals surface area (Å²) in [6.45, 7) is 1.36. The van der Waals surface area contributed by atoms with Gasteiger partial charge in [0.1, 0.15) is 18.1 Å². The molecule has 30 heavy (non-hydrogen) atoms. The fourth-order valence-electron chi connectivity index (χ4n) is 2.67. The molecule has 9 nitrogen and oxygen atoms in total. The van der Waals surface area contributed by atoms with E-state index >= 15 is 0 Å². The third kappa shape index (κ3) is 4.12. The predicted molar refractivity (Wildman–Crippen MR) is 105 cm³/mol. The van der Waals surface area contributed by atoms with Gasteiger partial charge in [-0.25, -0.2) is 9.07 Å². The minimum absolute atomic E-state index is 0.0870. The number of benzene rings is 1. The molecule has 0 radical (unpaired) electrons. The van der Waals surface area contributed by atoms with E-state index in [4.69, 9.17) is 4.52 Å². The number of amides is 1. The number of carbonyl (C=O) groups excluding carboxylic acids is 1. The van der Waals surface area contributed by atoms with E-state index in [1.54, 1.807) is 37.5 Å². The Hall–Kier alpha value is -4.21. The van der Waals surface area contributed by atoms with Crippen molar-refractivity contribution in [2.24, 2.45) is 0 Å². The van der Waals surface area contributed by atoms with E-state index in [9.17, 15) is 14.0 Å². The summed E-state index contributed by atoms with van der Waals surface area (Å²) in [5.74, 6) is -0.605. The molecular formula is C20H15FN6O3. The molecular weight excluding hydrogens is 391 g/mol. The van der Waals surface area contributed by atoms with Crippen LogP contribution < -0.4 is 10.9 Å². The van der Waals surface area contributed by atoms with Gasteiger partial charge in [-0.15, -0.1) is 0 Å². The van der Waals surface area contributed by atoms with Gasteiger partial charge < -0.3 is 9.84 Å². The van der Waals surface area contributed by atoms with Crippen LogP contribution in [0.4, 0.5) is 10.1 Å². The van der Waals surface area contributed by atoms with Crippen molar-refractivity contribution in [1.82, 2.24) is 24.9 Å². The van der Waals surface area contributed by atoms with Gasteiger partial charge in [-0.05, 0) is 42.8 Å². The first kappa shape index (κ1) is 19.1. The van der Waals surface area contributed by atoms with Crippen LogP contribution in [0.5, 0.6) is 0 Å². The van der Waals surface area contributed by atoms with Gasteiger partial charge in [-0.1, -0.05) is 11.2 Å². The Labute approximate surface area is 169 Å². The maximum Gasteiger partial charge on any atom is 0.278 e. The van der Waals surface area contributed by atoms with Crippen molar-refractivity contribution in [2.45, 2.75) is 13.5 Å². The summed E-state index contributed by atoms with van der Waals surface area (Å²) in [6.07, 6.45) is 3.21. The van der Waals surface area contributed by atoms with Gasteiger partial charge in [0.05, 0.1) is 0 Å². The first-order valence-electron chi connectivity index (χ1n) is 8.88. The predicted octanol–water partition coefficient (Wildman–Crippen LogP) is 2.44. The molecule has 10 heteroatoms. The number of halogens is 1. The zero-order chi connectivity index (χ0) is 21.1.